The van der Waals surface area contributed by atoms with Crippen LogP contribution < -0.4 is 0 Å². The number of hydrogen-bond acceptors (Lipinski definition) is 5. The maximum atomic E-state index is 13.2. The van der Waals surface area contributed by atoms with E-state index in [1.165, 1.54) is 5.69 Å². The van der Waals surface area contributed by atoms with Crippen molar-refractivity contribution in [1.82, 2.24) is 29.2 Å². The van der Waals surface area contributed by atoms with Gasteiger partial charge in [0.1, 0.15) is 12.2 Å². The standard InChI is InChI=1S/C25H30N6O2/c32-23-19(22-18-4-2-1-3-17(18)20-12-26-14-31(20)22)11-25(23)7-9-29(10-8-25)24(33)16-5-6-21-28-27-15-30(21)13-16/h1-4,12,14-19,22-23,32H,5-11,13H2/t16?,17?,18?,19-,22+,23+/m0/s1. The number of fused-ring (bicyclic) bond motifs is 4. The average molecular weight is 447 g/mol. The third-order valence-corrected chi connectivity index (χ3v) is 9.29. The van der Waals surface area contributed by atoms with E-state index >= 15 is 0 Å². The van der Waals surface area contributed by atoms with Gasteiger partial charge in [-0.25, -0.2) is 4.98 Å². The van der Waals surface area contributed by atoms with E-state index in [1.807, 2.05) is 22.0 Å². The molecule has 2 aliphatic carbocycles. The summed E-state index contributed by atoms with van der Waals surface area (Å²) in [6.45, 7) is 2.20. The van der Waals surface area contributed by atoms with Gasteiger partial charge in [-0.1, -0.05) is 24.3 Å². The molecule has 8 nitrogen and oxygen atoms in total. The maximum absolute atomic E-state index is 13.2. The molecule has 5 aliphatic rings. The van der Waals surface area contributed by atoms with Crippen LogP contribution in [-0.2, 0) is 17.8 Å². The molecule has 1 amide bonds. The Kier molecular flexibility index (Phi) is 4.26. The Morgan fingerprint density at radius 3 is 2.85 bits per heavy atom. The highest BCUT2D eigenvalue weighted by molar-refractivity contribution is 5.79. The molecule has 2 aromatic heterocycles. The van der Waals surface area contributed by atoms with Gasteiger partial charge in [-0.15, -0.1) is 10.2 Å². The van der Waals surface area contributed by atoms with Gasteiger partial charge in [-0.3, -0.25) is 4.79 Å². The minimum absolute atomic E-state index is 0.0165. The van der Waals surface area contributed by atoms with Crippen molar-refractivity contribution in [3.8, 4) is 0 Å². The summed E-state index contributed by atoms with van der Waals surface area (Å²) in [5.41, 5.74) is 1.23. The predicted octanol–water partition coefficient (Wildman–Crippen LogP) is 2.11. The number of carbonyl (C=O) groups is 1. The van der Waals surface area contributed by atoms with Crippen molar-refractivity contribution in [3.05, 3.63) is 54.7 Å². The van der Waals surface area contributed by atoms with Crippen LogP contribution in [0.15, 0.2) is 43.2 Å². The molecule has 172 valence electrons. The zero-order valence-electron chi connectivity index (χ0n) is 18.7. The molecule has 1 saturated carbocycles. The third-order valence-electron chi connectivity index (χ3n) is 9.29. The first kappa shape index (κ1) is 19.7. The Bertz CT molecular complexity index is 1140. The molecule has 2 fully saturated rings. The summed E-state index contributed by atoms with van der Waals surface area (Å²) in [7, 11) is 0. The van der Waals surface area contributed by atoms with Crippen molar-refractivity contribution in [1.29, 1.82) is 0 Å². The summed E-state index contributed by atoms with van der Waals surface area (Å²) in [6, 6.07) is 0.272. The molecule has 1 spiro atoms. The Morgan fingerprint density at radius 2 is 2.00 bits per heavy atom. The third kappa shape index (κ3) is 2.79. The van der Waals surface area contributed by atoms with Crippen molar-refractivity contribution in [3.63, 3.8) is 0 Å². The quantitative estimate of drug-likeness (QED) is 0.763. The Hall–Kier alpha value is -2.74. The molecular formula is C25H30N6O2. The van der Waals surface area contributed by atoms with Gasteiger partial charge in [0.2, 0.25) is 5.91 Å². The van der Waals surface area contributed by atoms with Crippen molar-refractivity contribution >= 4 is 5.91 Å². The SMILES string of the molecule is O=C(C1CCc2nncn2C1)N1CCC2(CC1)C[C@@H]([C@H]1C3C=CC=CC3c3cncn31)[C@H]2O. The van der Waals surface area contributed by atoms with Gasteiger partial charge in [-0.2, -0.15) is 0 Å². The number of aliphatic hydroxyl groups is 1. The topological polar surface area (TPSA) is 89.1 Å². The number of amides is 1. The summed E-state index contributed by atoms with van der Waals surface area (Å²) < 4.78 is 4.34. The first-order chi connectivity index (χ1) is 16.1. The lowest BCUT2D eigenvalue weighted by molar-refractivity contribution is -0.171. The van der Waals surface area contributed by atoms with E-state index in [0.717, 1.165) is 51.0 Å². The van der Waals surface area contributed by atoms with Crippen molar-refractivity contribution in [2.24, 2.45) is 23.2 Å². The van der Waals surface area contributed by atoms with Gasteiger partial charge in [0.15, 0.2) is 0 Å². The summed E-state index contributed by atoms with van der Waals surface area (Å²) in [5.74, 6) is 2.28. The van der Waals surface area contributed by atoms with Crippen LogP contribution in [0.3, 0.4) is 0 Å². The van der Waals surface area contributed by atoms with E-state index in [2.05, 4.69) is 44.1 Å². The molecular weight excluding hydrogens is 416 g/mol. The highest BCUT2D eigenvalue weighted by atomic mass is 16.3. The second-order valence-electron chi connectivity index (χ2n) is 10.7. The van der Waals surface area contributed by atoms with Gasteiger partial charge in [0.25, 0.3) is 0 Å². The predicted molar refractivity (Wildman–Crippen MR) is 120 cm³/mol. The molecule has 0 aromatic carbocycles. The van der Waals surface area contributed by atoms with E-state index < -0.39 is 0 Å². The molecule has 8 heteroatoms. The average Bonchev–Trinajstić information content (AvgIpc) is 3.58. The van der Waals surface area contributed by atoms with Crippen LogP contribution in [0.1, 0.15) is 49.2 Å². The fourth-order valence-electron chi connectivity index (χ4n) is 7.44. The first-order valence-electron chi connectivity index (χ1n) is 12.3. The van der Waals surface area contributed by atoms with Crippen molar-refractivity contribution in [2.75, 3.05) is 13.1 Å². The van der Waals surface area contributed by atoms with Crippen LogP contribution in [0.25, 0.3) is 0 Å². The fourth-order valence-corrected chi connectivity index (χ4v) is 7.44. The van der Waals surface area contributed by atoms with Crippen LogP contribution in [0, 0.1) is 23.2 Å². The van der Waals surface area contributed by atoms with Gasteiger partial charge >= 0.3 is 0 Å². The van der Waals surface area contributed by atoms with E-state index in [0.29, 0.717) is 18.4 Å². The fraction of sp³-hybridized carbons (Fsp3) is 0.600. The Morgan fingerprint density at radius 1 is 1.15 bits per heavy atom. The number of aliphatic hydroxyl groups excluding tert-OH is 1. The maximum Gasteiger partial charge on any atom is 0.227 e. The molecule has 1 N–H and O–H groups in total. The normalized spacial score (nSPS) is 35.7. The number of aryl methyl sites for hydroxylation is 1. The lowest BCUT2D eigenvalue weighted by Gasteiger charge is -2.58. The van der Waals surface area contributed by atoms with Gasteiger partial charge in [0, 0.05) is 67.2 Å². The number of imidazole rings is 1. The monoisotopic (exact) mass is 446 g/mol. The lowest BCUT2D eigenvalue weighted by Crippen LogP contribution is -2.60. The van der Waals surface area contributed by atoms with Crippen LogP contribution in [0.4, 0.5) is 0 Å². The van der Waals surface area contributed by atoms with Crippen LogP contribution in [0.5, 0.6) is 0 Å². The van der Waals surface area contributed by atoms with Crippen molar-refractivity contribution < 1.29 is 9.90 Å². The van der Waals surface area contributed by atoms with E-state index in [4.69, 9.17) is 0 Å². The van der Waals surface area contributed by atoms with Crippen LogP contribution in [0.2, 0.25) is 0 Å². The largest absolute Gasteiger partial charge is 0.392 e. The number of piperidine rings is 1. The number of aromatic nitrogens is 5. The molecule has 7 rings (SSSR count). The molecule has 1 saturated heterocycles. The number of allylic oxidation sites excluding steroid dienone is 4. The molecule has 0 bridgehead atoms. The number of hydrogen-bond donors (Lipinski definition) is 1. The van der Waals surface area contributed by atoms with E-state index in [9.17, 15) is 9.90 Å². The van der Waals surface area contributed by atoms with E-state index in [1.54, 1.807) is 6.33 Å². The summed E-state index contributed by atoms with van der Waals surface area (Å²) >= 11 is 0. The highest BCUT2D eigenvalue weighted by Crippen LogP contribution is 2.61. The second kappa shape index (κ2) is 7.13. The molecule has 2 aromatic rings. The first-order valence-corrected chi connectivity index (χ1v) is 12.3. The number of carbonyl (C=O) groups excluding carboxylic acids is 1. The van der Waals surface area contributed by atoms with Crippen LogP contribution >= 0.6 is 0 Å². The number of rotatable bonds is 2. The minimum atomic E-state index is -0.317. The van der Waals surface area contributed by atoms with Gasteiger partial charge < -0.3 is 19.1 Å². The molecule has 33 heavy (non-hydrogen) atoms. The zero-order valence-corrected chi connectivity index (χ0v) is 18.7. The Labute approximate surface area is 193 Å². The summed E-state index contributed by atoms with van der Waals surface area (Å²) in [5, 5.41) is 19.6. The van der Waals surface area contributed by atoms with Gasteiger partial charge in [-0.05, 0) is 25.7 Å². The molecule has 3 aliphatic heterocycles. The second-order valence-corrected chi connectivity index (χ2v) is 10.7. The summed E-state index contributed by atoms with van der Waals surface area (Å²) in [6.07, 6.45) is 18.7. The van der Waals surface area contributed by atoms with Crippen molar-refractivity contribution in [2.45, 2.75) is 56.7 Å². The smallest absolute Gasteiger partial charge is 0.227 e. The molecule has 6 atom stereocenters. The minimum Gasteiger partial charge on any atom is -0.392 e. The number of nitrogens with zero attached hydrogens (tertiary/aromatic N) is 6. The van der Waals surface area contributed by atoms with E-state index in [-0.39, 0.29) is 35.3 Å². The molecule has 0 radical (unpaired) electrons. The Balaban J connectivity index is 1.02. The molecule has 5 heterocycles. The molecule has 3 unspecified atom stereocenters. The zero-order chi connectivity index (χ0) is 22.2. The van der Waals surface area contributed by atoms with Gasteiger partial charge in [0.05, 0.1) is 18.3 Å². The lowest BCUT2D eigenvalue weighted by atomic mass is 9.52. The number of likely N-dealkylation sites (tertiary alicyclic amines) is 1. The highest BCUT2D eigenvalue weighted by Gasteiger charge is 2.59. The summed E-state index contributed by atoms with van der Waals surface area (Å²) in [4.78, 5) is 19.7. The van der Waals surface area contributed by atoms with Crippen LogP contribution in [-0.4, -0.2) is 59.4 Å².